The summed E-state index contributed by atoms with van der Waals surface area (Å²) in [4.78, 5) is 21.7. The van der Waals surface area contributed by atoms with E-state index in [9.17, 15) is 13.8 Å². The molecule has 2 unspecified atom stereocenters. The second-order valence-corrected chi connectivity index (χ2v) is 5.37. The van der Waals surface area contributed by atoms with Crippen molar-refractivity contribution >= 4 is 22.8 Å². The number of hydrogen-bond donors (Lipinski definition) is 4. The van der Waals surface area contributed by atoms with Crippen LogP contribution in [0.1, 0.15) is 13.3 Å². The number of nitrogens with one attached hydrogen (secondary N) is 2. The summed E-state index contributed by atoms with van der Waals surface area (Å²) in [5.41, 5.74) is 0. The zero-order valence-electron chi connectivity index (χ0n) is 9.80. The molecule has 7 nitrogen and oxygen atoms in total. The molecule has 0 aromatic heterocycles. The van der Waals surface area contributed by atoms with Gasteiger partial charge in [-0.05, 0) is 6.42 Å². The first kappa shape index (κ1) is 15.9. The summed E-state index contributed by atoms with van der Waals surface area (Å²) in [7, 11) is -0.951. The second kappa shape index (κ2) is 8.02. The molecule has 0 aliphatic carbocycles. The Balaban J connectivity index is 3.87. The van der Waals surface area contributed by atoms with Gasteiger partial charge < -0.3 is 20.8 Å². The lowest BCUT2D eigenvalue weighted by Gasteiger charge is -2.13. The number of aliphatic hydroxyl groups is 1. The van der Waals surface area contributed by atoms with Crippen LogP contribution < -0.4 is 10.6 Å². The maximum absolute atomic E-state index is 11.2. The Hall–Kier alpha value is -1.15. The van der Waals surface area contributed by atoms with Crippen LogP contribution in [0.2, 0.25) is 0 Å². The molecule has 2 amide bonds. The lowest BCUT2D eigenvalue weighted by molar-refractivity contribution is -0.140. The smallest absolute Gasteiger partial charge is 0.328 e. The van der Waals surface area contributed by atoms with Crippen molar-refractivity contribution in [1.29, 1.82) is 0 Å². The summed E-state index contributed by atoms with van der Waals surface area (Å²) >= 11 is 0. The number of amides is 2. The standard InChI is InChI=1S/C9H18N2O5S/c1-6(17(2)16)3-4-10-9(15)11-7(5-12)8(13)14/h6-7,12H,3-5H2,1-2H3,(H,13,14)(H2,10,11,15)/t6?,7-,17?/m0/s1. The van der Waals surface area contributed by atoms with Gasteiger partial charge in [0.1, 0.15) is 0 Å². The molecule has 0 spiro atoms. The molecule has 0 saturated heterocycles. The molecule has 100 valence electrons. The van der Waals surface area contributed by atoms with Gasteiger partial charge in [-0.25, -0.2) is 9.59 Å². The molecule has 0 radical (unpaired) electrons. The van der Waals surface area contributed by atoms with Crippen molar-refractivity contribution in [1.82, 2.24) is 10.6 Å². The third kappa shape index (κ3) is 6.90. The number of hydrogen-bond acceptors (Lipinski definition) is 4. The average Bonchev–Trinajstić information content (AvgIpc) is 2.25. The highest BCUT2D eigenvalue weighted by atomic mass is 32.2. The molecule has 0 fully saturated rings. The van der Waals surface area contributed by atoms with E-state index in [0.717, 1.165) is 0 Å². The van der Waals surface area contributed by atoms with Crippen molar-refractivity contribution in [3.63, 3.8) is 0 Å². The van der Waals surface area contributed by atoms with Crippen LogP contribution in [0.15, 0.2) is 0 Å². The highest BCUT2D eigenvalue weighted by Crippen LogP contribution is 1.97. The van der Waals surface area contributed by atoms with Crippen molar-refractivity contribution in [2.75, 3.05) is 19.4 Å². The number of carbonyl (C=O) groups is 2. The predicted octanol–water partition coefficient (Wildman–Crippen LogP) is -1.11. The molecule has 17 heavy (non-hydrogen) atoms. The fourth-order valence-electron chi connectivity index (χ4n) is 0.950. The van der Waals surface area contributed by atoms with Gasteiger partial charge in [-0.1, -0.05) is 6.92 Å². The number of aliphatic carboxylic acids is 1. The van der Waals surface area contributed by atoms with Crippen LogP contribution >= 0.6 is 0 Å². The van der Waals surface area contributed by atoms with Crippen LogP contribution in [0.5, 0.6) is 0 Å². The van der Waals surface area contributed by atoms with E-state index >= 15 is 0 Å². The molecule has 0 aromatic rings. The first-order chi connectivity index (χ1) is 7.88. The number of carboxylic acids is 1. The minimum atomic E-state index is -1.31. The molecular formula is C9H18N2O5S. The zero-order chi connectivity index (χ0) is 13.4. The van der Waals surface area contributed by atoms with Gasteiger partial charge in [0.2, 0.25) is 0 Å². The summed E-state index contributed by atoms with van der Waals surface area (Å²) in [6.45, 7) is 1.42. The summed E-state index contributed by atoms with van der Waals surface area (Å²) in [6.07, 6.45) is 2.12. The third-order valence-electron chi connectivity index (χ3n) is 2.19. The fourth-order valence-corrected chi connectivity index (χ4v) is 1.40. The number of aliphatic hydroxyl groups excluding tert-OH is 1. The number of urea groups is 1. The van der Waals surface area contributed by atoms with Gasteiger partial charge in [-0.3, -0.25) is 4.21 Å². The lowest BCUT2D eigenvalue weighted by Crippen LogP contribution is -2.48. The summed E-state index contributed by atoms with van der Waals surface area (Å²) in [5.74, 6) is -1.30. The second-order valence-electron chi connectivity index (χ2n) is 3.57. The van der Waals surface area contributed by atoms with E-state index in [-0.39, 0.29) is 5.25 Å². The van der Waals surface area contributed by atoms with E-state index in [4.69, 9.17) is 10.2 Å². The maximum atomic E-state index is 11.2. The summed E-state index contributed by atoms with van der Waals surface area (Å²) < 4.78 is 11.0. The van der Waals surface area contributed by atoms with Crippen LogP contribution in [0.3, 0.4) is 0 Å². The van der Waals surface area contributed by atoms with E-state index in [1.54, 1.807) is 13.2 Å². The zero-order valence-corrected chi connectivity index (χ0v) is 10.6. The van der Waals surface area contributed by atoms with Gasteiger partial charge in [0.25, 0.3) is 0 Å². The van der Waals surface area contributed by atoms with Gasteiger partial charge in [-0.2, -0.15) is 0 Å². The molecule has 0 bridgehead atoms. The molecule has 4 N–H and O–H groups in total. The number of rotatable bonds is 7. The Morgan fingerprint density at radius 3 is 2.41 bits per heavy atom. The van der Waals surface area contributed by atoms with Crippen molar-refractivity contribution in [3.8, 4) is 0 Å². The van der Waals surface area contributed by atoms with E-state index in [2.05, 4.69) is 10.6 Å². The first-order valence-electron chi connectivity index (χ1n) is 5.08. The molecular weight excluding hydrogens is 248 g/mol. The first-order valence-corrected chi connectivity index (χ1v) is 6.70. The lowest BCUT2D eigenvalue weighted by atomic mass is 10.3. The Kier molecular flexibility index (Phi) is 7.47. The third-order valence-corrected chi connectivity index (χ3v) is 3.56. The molecule has 0 rings (SSSR count). The van der Waals surface area contributed by atoms with Crippen LogP contribution in [0, 0.1) is 0 Å². The largest absolute Gasteiger partial charge is 0.480 e. The topological polar surface area (TPSA) is 116 Å². The van der Waals surface area contributed by atoms with Gasteiger partial charge >= 0.3 is 12.0 Å². The highest BCUT2D eigenvalue weighted by molar-refractivity contribution is 7.84. The summed E-state index contributed by atoms with van der Waals surface area (Å²) in [6, 6.07) is -1.98. The van der Waals surface area contributed by atoms with Crippen molar-refractivity contribution in [3.05, 3.63) is 0 Å². The number of carbonyl (C=O) groups excluding carboxylic acids is 1. The monoisotopic (exact) mass is 266 g/mol. The normalized spacial score (nSPS) is 15.7. The Bertz CT molecular complexity index is 297. The Morgan fingerprint density at radius 1 is 1.41 bits per heavy atom. The SMILES string of the molecule is CC(CCNC(=O)N[C@@H](CO)C(=O)O)S(C)=O. The van der Waals surface area contributed by atoms with Crippen LogP contribution in [0.25, 0.3) is 0 Å². The van der Waals surface area contributed by atoms with Crippen LogP contribution in [-0.4, -0.2) is 57.1 Å². The molecule has 3 atom stereocenters. The number of carboxylic acid groups (broad SMARTS) is 1. The van der Waals surface area contributed by atoms with E-state index in [1.165, 1.54) is 0 Å². The minimum Gasteiger partial charge on any atom is -0.480 e. The van der Waals surface area contributed by atoms with Crippen molar-refractivity contribution in [2.24, 2.45) is 0 Å². The molecule has 0 aromatic carbocycles. The van der Waals surface area contributed by atoms with Crippen LogP contribution in [-0.2, 0) is 15.6 Å². The van der Waals surface area contributed by atoms with E-state index in [1.807, 2.05) is 0 Å². The maximum Gasteiger partial charge on any atom is 0.328 e. The molecule has 0 aliphatic rings. The van der Waals surface area contributed by atoms with Crippen molar-refractivity contribution < 1.29 is 24.0 Å². The minimum absolute atomic E-state index is 0.0385. The Morgan fingerprint density at radius 2 is 2.00 bits per heavy atom. The van der Waals surface area contributed by atoms with E-state index in [0.29, 0.717) is 13.0 Å². The molecule has 0 saturated carbocycles. The fraction of sp³-hybridized carbons (Fsp3) is 0.778. The van der Waals surface area contributed by atoms with Gasteiger partial charge in [0.05, 0.1) is 6.61 Å². The van der Waals surface area contributed by atoms with Gasteiger partial charge in [0, 0.05) is 28.9 Å². The summed E-state index contributed by atoms with van der Waals surface area (Å²) in [5, 5.41) is 21.7. The molecule has 0 heterocycles. The quantitative estimate of drug-likeness (QED) is 0.466. The van der Waals surface area contributed by atoms with E-state index < -0.39 is 35.4 Å². The van der Waals surface area contributed by atoms with Crippen molar-refractivity contribution in [2.45, 2.75) is 24.6 Å². The van der Waals surface area contributed by atoms with Crippen LogP contribution in [0.4, 0.5) is 4.79 Å². The molecule has 8 heteroatoms. The average molecular weight is 266 g/mol. The van der Waals surface area contributed by atoms with Gasteiger partial charge in [0.15, 0.2) is 6.04 Å². The highest BCUT2D eigenvalue weighted by Gasteiger charge is 2.18. The van der Waals surface area contributed by atoms with Gasteiger partial charge in [-0.15, -0.1) is 0 Å². The predicted molar refractivity (Wildman–Crippen MR) is 63.2 cm³/mol. The Labute approximate surface area is 102 Å². The molecule has 0 aliphatic heterocycles.